The van der Waals surface area contributed by atoms with Crippen molar-refractivity contribution in [3.8, 4) is 17.2 Å². The molecule has 1 amide bonds. The Morgan fingerprint density at radius 3 is 2.31 bits per heavy atom. The molecule has 0 saturated carbocycles. The van der Waals surface area contributed by atoms with Crippen LogP contribution in [-0.2, 0) is 0 Å². The summed E-state index contributed by atoms with van der Waals surface area (Å²) in [5.74, 6) is 2.62. The topological polar surface area (TPSA) is 47.6 Å². The molecule has 0 spiro atoms. The zero-order chi connectivity index (χ0) is 20.6. The zero-order valence-corrected chi connectivity index (χ0v) is 18.1. The molecule has 5 heteroatoms. The maximum absolute atomic E-state index is 12.6. The predicted octanol–water partition coefficient (Wildman–Crippen LogP) is 6.92. The van der Waals surface area contributed by atoms with E-state index < -0.39 is 0 Å². The number of halogens is 1. The van der Waals surface area contributed by atoms with Crippen LogP contribution in [0.4, 0.5) is 5.69 Å². The van der Waals surface area contributed by atoms with Crippen LogP contribution in [0.2, 0.25) is 0 Å². The monoisotopic (exact) mass is 453 g/mol. The van der Waals surface area contributed by atoms with Gasteiger partial charge in [0.25, 0.3) is 5.91 Å². The Balaban J connectivity index is 1.59. The molecule has 0 aliphatic heterocycles. The summed E-state index contributed by atoms with van der Waals surface area (Å²) in [6, 6.07) is 22.2. The molecule has 4 nitrogen and oxygen atoms in total. The quantitative estimate of drug-likeness (QED) is 0.402. The van der Waals surface area contributed by atoms with Crippen LogP contribution in [0, 0.1) is 5.92 Å². The molecular weight excluding hydrogens is 430 g/mol. The highest BCUT2D eigenvalue weighted by molar-refractivity contribution is 9.10. The largest absolute Gasteiger partial charge is 0.492 e. The molecule has 0 saturated heterocycles. The third-order valence-electron chi connectivity index (χ3n) is 4.24. The van der Waals surface area contributed by atoms with Gasteiger partial charge in [-0.05, 0) is 82.9 Å². The molecule has 3 aromatic rings. The van der Waals surface area contributed by atoms with Crippen LogP contribution in [-0.4, -0.2) is 12.5 Å². The number of para-hydroxylation sites is 1. The number of hydrogen-bond acceptors (Lipinski definition) is 3. The summed E-state index contributed by atoms with van der Waals surface area (Å²) in [4.78, 5) is 12.6. The smallest absolute Gasteiger partial charge is 0.255 e. The van der Waals surface area contributed by atoms with Crippen LogP contribution in [0.1, 0.15) is 30.6 Å². The Hall–Kier alpha value is -2.79. The first kappa shape index (κ1) is 20.9. The third-order valence-corrected chi connectivity index (χ3v) is 4.86. The molecule has 0 aliphatic rings. The lowest BCUT2D eigenvalue weighted by atomic mass is 10.1. The van der Waals surface area contributed by atoms with E-state index in [0.717, 1.165) is 22.4 Å². The van der Waals surface area contributed by atoms with Gasteiger partial charge in [0.05, 0.1) is 11.1 Å². The van der Waals surface area contributed by atoms with E-state index in [4.69, 9.17) is 9.47 Å². The fourth-order valence-electron chi connectivity index (χ4n) is 2.60. The Labute approximate surface area is 180 Å². The SMILES string of the molecule is CC(C)CCOc1ccc(C(=O)Nc2ccc(Oc3ccccc3)cc2)cc1Br. The summed E-state index contributed by atoms with van der Waals surface area (Å²) in [5, 5.41) is 2.90. The van der Waals surface area contributed by atoms with Crippen molar-refractivity contribution in [1.29, 1.82) is 0 Å². The van der Waals surface area contributed by atoms with E-state index >= 15 is 0 Å². The maximum atomic E-state index is 12.6. The first-order chi connectivity index (χ1) is 14.0. The number of anilines is 1. The second kappa shape index (κ2) is 10.1. The molecule has 0 unspecified atom stereocenters. The second-order valence-electron chi connectivity index (χ2n) is 7.07. The number of carbonyl (C=O) groups is 1. The molecule has 0 fully saturated rings. The minimum Gasteiger partial charge on any atom is -0.492 e. The number of benzene rings is 3. The van der Waals surface area contributed by atoms with Gasteiger partial charge in [0.1, 0.15) is 17.2 Å². The van der Waals surface area contributed by atoms with Crippen LogP contribution in [0.15, 0.2) is 77.3 Å². The number of nitrogens with one attached hydrogen (secondary N) is 1. The van der Waals surface area contributed by atoms with Crippen molar-refractivity contribution in [1.82, 2.24) is 0 Å². The molecule has 3 aromatic carbocycles. The van der Waals surface area contributed by atoms with Crippen molar-refractivity contribution < 1.29 is 14.3 Å². The number of carbonyl (C=O) groups excluding carboxylic acids is 1. The van der Waals surface area contributed by atoms with Crippen molar-refractivity contribution in [2.45, 2.75) is 20.3 Å². The van der Waals surface area contributed by atoms with Crippen LogP contribution < -0.4 is 14.8 Å². The lowest BCUT2D eigenvalue weighted by molar-refractivity contribution is 0.102. The normalized spacial score (nSPS) is 10.6. The average Bonchev–Trinajstić information content (AvgIpc) is 2.71. The van der Waals surface area contributed by atoms with Gasteiger partial charge in [0.2, 0.25) is 0 Å². The van der Waals surface area contributed by atoms with Crippen molar-refractivity contribution >= 4 is 27.5 Å². The Morgan fingerprint density at radius 1 is 0.966 bits per heavy atom. The highest BCUT2D eigenvalue weighted by Gasteiger charge is 2.10. The molecule has 1 N–H and O–H groups in total. The molecule has 0 aliphatic carbocycles. The maximum Gasteiger partial charge on any atom is 0.255 e. The third kappa shape index (κ3) is 6.36. The summed E-state index contributed by atoms with van der Waals surface area (Å²) in [7, 11) is 0. The van der Waals surface area contributed by atoms with E-state index in [1.165, 1.54) is 0 Å². The second-order valence-corrected chi connectivity index (χ2v) is 7.92. The Kier molecular flexibility index (Phi) is 7.30. The molecule has 0 radical (unpaired) electrons. The van der Waals surface area contributed by atoms with E-state index in [2.05, 4.69) is 35.1 Å². The fraction of sp³-hybridized carbons (Fsp3) is 0.208. The van der Waals surface area contributed by atoms with Gasteiger partial charge in [-0.15, -0.1) is 0 Å². The van der Waals surface area contributed by atoms with Gasteiger partial charge in [-0.25, -0.2) is 0 Å². The molecule has 150 valence electrons. The highest BCUT2D eigenvalue weighted by atomic mass is 79.9. The zero-order valence-electron chi connectivity index (χ0n) is 16.5. The van der Waals surface area contributed by atoms with E-state index in [9.17, 15) is 4.79 Å². The predicted molar refractivity (Wildman–Crippen MR) is 120 cm³/mol. The lowest BCUT2D eigenvalue weighted by Gasteiger charge is -2.11. The molecule has 0 aromatic heterocycles. The molecule has 0 bridgehead atoms. The Bertz CT molecular complexity index is 940. The number of hydrogen-bond donors (Lipinski definition) is 1. The van der Waals surface area contributed by atoms with Crippen molar-refractivity contribution in [2.24, 2.45) is 5.92 Å². The number of rotatable bonds is 8. The van der Waals surface area contributed by atoms with E-state index in [0.29, 0.717) is 29.5 Å². The Morgan fingerprint density at radius 2 is 1.66 bits per heavy atom. The fourth-order valence-corrected chi connectivity index (χ4v) is 3.09. The molecule has 0 atom stereocenters. The molecule has 3 rings (SSSR count). The van der Waals surface area contributed by atoms with Gasteiger partial charge in [0, 0.05) is 11.3 Å². The number of amides is 1. The van der Waals surface area contributed by atoms with E-state index in [1.54, 1.807) is 12.1 Å². The van der Waals surface area contributed by atoms with Crippen molar-refractivity contribution in [3.05, 3.63) is 82.8 Å². The summed E-state index contributed by atoms with van der Waals surface area (Å²) in [6.07, 6.45) is 0.985. The van der Waals surface area contributed by atoms with Gasteiger partial charge >= 0.3 is 0 Å². The summed E-state index contributed by atoms with van der Waals surface area (Å²) in [5.41, 5.74) is 1.25. The van der Waals surface area contributed by atoms with E-state index in [1.807, 2.05) is 60.7 Å². The molecule has 0 heterocycles. The number of ether oxygens (including phenoxy) is 2. The summed E-state index contributed by atoms with van der Waals surface area (Å²) >= 11 is 3.49. The average molecular weight is 454 g/mol. The highest BCUT2D eigenvalue weighted by Crippen LogP contribution is 2.27. The van der Waals surface area contributed by atoms with Gasteiger partial charge in [-0.1, -0.05) is 32.0 Å². The van der Waals surface area contributed by atoms with E-state index in [-0.39, 0.29) is 5.91 Å². The first-order valence-electron chi connectivity index (χ1n) is 9.58. The van der Waals surface area contributed by atoms with Gasteiger partial charge < -0.3 is 14.8 Å². The minimum absolute atomic E-state index is 0.184. The van der Waals surface area contributed by atoms with Gasteiger partial charge in [-0.2, -0.15) is 0 Å². The van der Waals surface area contributed by atoms with Crippen molar-refractivity contribution in [2.75, 3.05) is 11.9 Å². The summed E-state index contributed by atoms with van der Waals surface area (Å²) in [6.45, 7) is 4.97. The minimum atomic E-state index is -0.184. The van der Waals surface area contributed by atoms with Crippen molar-refractivity contribution in [3.63, 3.8) is 0 Å². The standard InChI is InChI=1S/C24H24BrNO3/c1-17(2)14-15-28-23-13-8-18(16-22(23)25)24(27)26-19-9-11-21(12-10-19)29-20-6-4-3-5-7-20/h3-13,16-17H,14-15H2,1-2H3,(H,26,27). The van der Waals surface area contributed by atoms with Crippen LogP contribution in [0.25, 0.3) is 0 Å². The first-order valence-corrected chi connectivity index (χ1v) is 10.4. The molecule has 29 heavy (non-hydrogen) atoms. The van der Waals surface area contributed by atoms with Gasteiger partial charge in [0.15, 0.2) is 0 Å². The lowest BCUT2D eigenvalue weighted by Crippen LogP contribution is -2.12. The van der Waals surface area contributed by atoms with Crippen LogP contribution in [0.3, 0.4) is 0 Å². The van der Waals surface area contributed by atoms with Crippen LogP contribution in [0.5, 0.6) is 17.2 Å². The van der Waals surface area contributed by atoms with Gasteiger partial charge in [-0.3, -0.25) is 4.79 Å². The van der Waals surface area contributed by atoms with Crippen LogP contribution >= 0.6 is 15.9 Å². The summed E-state index contributed by atoms with van der Waals surface area (Å²) < 4.78 is 12.3. The molecular formula is C24H24BrNO3.